The number of hydrogen-bond donors (Lipinski definition) is 0. The minimum Gasteiger partial charge on any atom is -0.427 e. The molecule has 0 aromatic heterocycles. The number of esters is 2. The van der Waals surface area contributed by atoms with Crippen LogP contribution in [0, 0.1) is 5.92 Å². The summed E-state index contributed by atoms with van der Waals surface area (Å²) in [7, 11) is 0. The summed E-state index contributed by atoms with van der Waals surface area (Å²) in [6, 6.07) is 23.7. The Labute approximate surface area is 223 Å². The molecule has 202 valence electrons. The van der Waals surface area contributed by atoms with E-state index in [9.17, 15) is 22.8 Å². The second-order valence-corrected chi connectivity index (χ2v) is 10.1. The molecule has 0 aliphatic carbocycles. The molecule has 4 saturated heterocycles. The topological polar surface area (TPSA) is 65.1 Å². The van der Waals surface area contributed by atoms with Crippen molar-refractivity contribution in [1.82, 2.24) is 4.90 Å². The first-order valence-electron chi connectivity index (χ1n) is 12.9. The third-order valence-corrected chi connectivity index (χ3v) is 8.05. The predicted octanol–water partition coefficient (Wildman–Crippen LogP) is 5.27. The Morgan fingerprint density at radius 3 is 1.90 bits per heavy atom. The van der Waals surface area contributed by atoms with E-state index in [0.29, 0.717) is 31.5 Å². The molecule has 3 aromatic rings. The fourth-order valence-electron chi connectivity index (χ4n) is 6.37. The molecule has 0 spiro atoms. The van der Waals surface area contributed by atoms with Crippen molar-refractivity contribution >= 4 is 11.9 Å². The largest absolute Gasteiger partial charge is 0.427 e. The summed E-state index contributed by atoms with van der Waals surface area (Å²) in [6.45, 7) is 1.04. The maximum Gasteiger partial charge on any atom is 0.420 e. The minimum atomic E-state index is -4.46. The first-order chi connectivity index (χ1) is 18.7. The molecule has 2 atom stereocenters. The molecule has 0 N–H and O–H groups in total. The van der Waals surface area contributed by atoms with Crippen LogP contribution in [0.2, 0.25) is 0 Å². The van der Waals surface area contributed by atoms with Crippen LogP contribution in [0.5, 0.6) is 0 Å². The summed E-state index contributed by atoms with van der Waals surface area (Å²) in [4.78, 5) is 27.8. The van der Waals surface area contributed by atoms with Gasteiger partial charge in [0, 0.05) is 19.0 Å². The number of carbonyl (C=O) groups excluding carboxylic acids is 2. The van der Waals surface area contributed by atoms with Gasteiger partial charge >= 0.3 is 18.1 Å². The average Bonchev–Trinajstić information content (AvgIpc) is 2.95. The van der Waals surface area contributed by atoms with Crippen molar-refractivity contribution in [3.63, 3.8) is 0 Å². The van der Waals surface area contributed by atoms with E-state index >= 15 is 0 Å². The van der Waals surface area contributed by atoms with Gasteiger partial charge in [0.25, 0.3) is 5.79 Å². The minimum absolute atomic E-state index is 0.147. The van der Waals surface area contributed by atoms with Crippen molar-refractivity contribution in [3.05, 3.63) is 107 Å². The number of carbonyl (C=O) groups is 2. The first-order valence-corrected chi connectivity index (χ1v) is 12.9. The number of nitrogens with zero attached hydrogens (tertiary/aromatic N) is 1. The van der Waals surface area contributed by atoms with E-state index in [4.69, 9.17) is 14.2 Å². The van der Waals surface area contributed by atoms with Crippen molar-refractivity contribution in [3.8, 4) is 0 Å². The van der Waals surface area contributed by atoms with Crippen LogP contribution in [-0.4, -0.2) is 41.4 Å². The highest BCUT2D eigenvalue weighted by Crippen LogP contribution is 2.59. The number of rotatable bonds is 6. The number of piperidine rings is 3. The SMILES string of the molecule is O=C1OC2(OCc3ccc(C(F)(F)F)cc3)C3CCN(CC3)C2(C(c2ccccc2)c2ccccc2)OC1=O. The molecule has 4 heterocycles. The van der Waals surface area contributed by atoms with Gasteiger partial charge in [-0.2, -0.15) is 13.2 Å². The maximum atomic E-state index is 13.1. The van der Waals surface area contributed by atoms with Crippen LogP contribution in [0.4, 0.5) is 13.2 Å². The van der Waals surface area contributed by atoms with Crippen molar-refractivity contribution in [2.45, 2.75) is 43.1 Å². The fraction of sp³-hybridized carbons (Fsp3) is 0.333. The number of alkyl halides is 3. The van der Waals surface area contributed by atoms with Gasteiger partial charge < -0.3 is 14.2 Å². The molecule has 4 aliphatic rings. The van der Waals surface area contributed by atoms with Gasteiger partial charge in [-0.1, -0.05) is 72.8 Å². The highest BCUT2D eigenvalue weighted by molar-refractivity contribution is 6.30. The Balaban J connectivity index is 1.49. The zero-order chi connectivity index (χ0) is 27.3. The summed E-state index contributed by atoms with van der Waals surface area (Å²) in [5, 5.41) is 0. The molecule has 0 amide bonds. The molecular weight excluding hydrogens is 511 g/mol. The average molecular weight is 538 g/mol. The predicted molar refractivity (Wildman–Crippen MR) is 133 cm³/mol. The molecule has 3 aromatic carbocycles. The van der Waals surface area contributed by atoms with E-state index in [2.05, 4.69) is 0 Å². The van der Waals surface area contributed by atoms with Gasteiger partial charge in [0.2, 0.25) is 5.72 Å². The number of benzene rings is 3. The fourth-order valence-corrected chi connectivity index (χ4v) is 6.37. The summed E-state index contributed by atoms with van der Waals surface area (Å²) in [5.41, 5.74) is -0.165. The first kappa shape index (κ1) is 25.6. The zero-order valence-corrected chi connectivity index (χ0v) is 20.9. The van der Waals surface area contributed by atoms with Gasteiger partial charge in [0.15, 0.2) is 0 Å². The Kier molecular flexibility index (Phi) is 6.23. The van der Waals surface area contributed by atoms with Gasteiger partial charge in [0.1, 0.15) is 0 Å². The van der Waals surface area contributed by atoms with E-state index in [1.807, 2.05) is 65.6 Å². The molecule has 0 saturated carbocycles. The van der Waals surface area contributed by atoms with Gasteiger partial charge in [-0.3, -0.25) is 4.90 Å². The van der Waals surface area contributed by atoms with E-state index in [0.717, 1.165) is 23.3 Å². The smallest absolute Gasteiger partial charge is 0.420 e. The monoisotopic (exact) mass is 537 g/mol. The van der Waals surface area contributed by atoms with E-state index in [-0.39, 0.29) is 12.5 Å². The van der Waals surface area contributed by atoms with E-state index < -0.39 is 41.1 Å². The van der Waals surface area contributed by atoms with Gasteiger partial charge in [-0.15, -0.1) is 0 Å². The summed E-state index contributed by atoms with van der Waals surface area (Å²) in [5.74, 6) is -4.83. The van der Waals surface area contributed by atoms with Crippen LogP contribution in [-0.2, 0) is 36.6 Å². The number of ether oxygens (including phenoxy) is 3. The highest BCUT2D eigenvalue weighted by atomic mass is 19.4. The lowest BCUT2D eigenvalue weighted by atomic mass is 9.66. The molecule has 7 rings (SSSR count). The molecule has 9 heteroatoms. The van der Waals surface area contributed by atoms with Crippen molar-refractivity contribution in [2.75, 3.05) is 13.1 Å². The Morgan fingerprint density at radius 2 is 1.36 bits per heavy atom. The van der Waals surface area contributed by atoms with Crippen LogP contribution in [0.25, 0.3) is 0 Å². The summed E-state index contributed by atoms with van der Waals surface area (Å²) < 4.78 is 58.1. The standard InChI is InChI=1S/C30H26F3NO5/c31-30(32,33)24-13-11-20(12-14-24)19-37-29-23-15-17-34(18-16-23)28(29,38-26(35)27(36)39-29)25(21-7-3-1-4-8-21)22-9-5-2-6-10-22/h1-14,23,25H,15-19H2. The third kappa shape index (κ3) is 4.11. The van der Waals surface area contributed by atoms with Crippen molar-refractivity contribution < 1.29 is 37.0 Å². The van der Waals surface area contributed by atoms with Crippen LogP contribution in [0.15, 0.2) is 84.9 Å². The molecule has 39 heavy (non-hydrogen) atoms. The van der Waals surface area contributed by atoms with Crippen LogP contribution < -0.4 is 0 Å². The molecule has 4 fully saturated rings. The van der Waals surface area contributed by atoms with Crippen LogP contribution >= 0.6 is 0 Å². The third-order valence-electron chi connectivity index (χ3n) is 8.05. The number of hydrogen-bond acceptors (Lipinski definition) is 6. The highest BCUT2D eigenvalue weighted by Gasteiger charge is 2.76. The lowest BCUT2D eigenvalue weighted by molar-refractivity contribution is -0.417. The second-order valence-electron chi connectivity index (χ2n) is 10.1. The Bertz CT molecular complexity index is 1320. The molecular formula is C30H26F3NO5. The van der Waals surface area contributed by atoms with Gasteiger partial charge in [-0.25, -0.2) is 9.59 Å². The lowest BCUT2D eigenvalue weighted by Gasteiger charge is -2.65. The normalized spacial score (nSPS) is 28.1. The number of fused-ring (bicyclic) bond motifs is 2. The van der Waals surface area contributed by atoms with Crippen LogP contribution in [0.3, 0.4) is 0 Å². The molecule has 2 bridgehead atoms. The van der Waals surface area contributed by atoms with Gasteiger partial charge in [-0.05, 0) is 41.7 Å². The Morgan fingerprint density at radius 1 is 0.821 bits per heavy atom. The van der Waals surface area contributed by atoms with Crippen molar-refractivity contribution in [1.29, 1.82) is 0 Å². The maximum absolute atomic E-state index is 13.1. The lowest BCUT2D eigenvalue weighted by Crippen LogP contribution is -2.82. The second kappa shape index (κ2) is 9.50. The molecule has 4 aliphatic heterocycles. The van der Waals surface area contributed by atoms with E-state index in [1.54, 1.807) is 0 Å². The molecule has 0 radical (unpaired) electrons. The van der Waals surface area contributed by atoms with E-state index in [1.165, 1.54) is 12.1 Å². The quantitative estimate of drug-likeness (QED) is 0.315. The molecule has 2 unspecified atom stereocenters. The Hall–Kier alpha value is -3.69. The summed E-state index contributed by atoms with van der Waals surface area (Å²) in [6.07, 6.45) is -3.19. The summed E-state index contributed by atoms with van der Waals surface area (Å²) >= 11 is 0. The number of halogens is 3. The van der Waals surface area contributed by atoms with Crippen molar-refractivity contribution in [2.24, 2.45) is 5.92 Å². The zero-order valence-electron chi connectivity index (χ0n) is 20.9. The van der Waals surface area contributed by atoms with Crippen LogP contribution in [0.1, 0.15) is 41.0 Å². The molecule has 6 nitrogen and oxygen atoms in total. The van der Waals surface area contributed by atoms with Gasteiger partial charge in [0.05, 0.1) is 18.1 Å².